The molecule has 0 bridgehead atoms. The third-order valence-electron chi connectivity index (χ3n) is 3.70. The lowest BCUT2D eigenvalue weighted by Crippen LogP contribution is -2.51. The lowest BCUT2D eigenvalue weighted by atomic mass is 9.98. The van der Waals surface area contributed by atoms with Crippen LogP contribution in [0.15, 0.2) is 18.2 Å². The van der Waals surface area contributed by atoms with E-state index in [2.05, 4.69) is 0 Å². The maximum atomic E-state index is 13.1. The topological polar surface area (TPSA) is 55.6 Å². The molecule has 7 heteroatoms. The number of nitrogens with two attached hydrogens (primary N) is 1. The number of hydrogen-bond acceptors (Lipinski definition) is 3. The quantitative estimate of drug-likeness (QED) is 0.753. The van der Waals surface area contributed by atoms with Crippen molar-refractivity contribution in [3.63, 3.8) is 0 Å². The number of halogens is 3. The first-order chi connectivity index (χ1) is 9.56. The molecule has 0 saturated carbocycles. The minimum Gasteiger partial charge on any atom is -0.381 e. The van der Waals surface area contributed by atoms with Crippen LogP contribution in [0.5, 0.6) is 0 Å². The highest BCUT2D eigenvalue weighted by Crippen LogP contribution is 2.23. The molecule has 0 spiro atoms. The standard InChI is InChI=1S/C14H18FIN2O2.ClH/c1-20-11-4-5-18(10(7-11)8-17)14(19)12-3-2-9(15)6-13(12)16;/h2-3,6,10-11H,4-5,7-8,17H2,1H3;1H. The van der Waals surface area contributed by atoms with Gasteiger partial charge in [-0.15, -0.1) is 12.4 Å². The lowest BCUT2D eigenvalue weighted by Gasteiger charge is -2.38. The molecule has 21 heavy (non-hydrogen) atoms. The first-order valence-corrected chi connectivity index (χ1v) is 7.63. The summed E-state index contributed by atoms with van der Waals surface area (Å²) in [6, 6.07) is 4.19. The molecular formula is C14H19ClFIN2O2. The van der Waals surface area contributed by atoms with Gasteiger partial charge in [0.25, 0.3) is 5.91 Å². The van der Waals surface area contributed by atoms with Crippen LogP contribution in [0.2, 0.25) is 0 Å². The molecule has 0 aromatic heterocycles. The molecule has 1 aliphatic heterocycles. The van der Waals surface area contributed by atoms with E-state index in [1.807, 2.05) is 22.6 Å². The molecule has 1 saturated heterocycles. The van der Waals surface area contributed by atoms with Crippen molar-refractivity contribution in [3.8, 4) is 0 Å². The number of piperidine rings is 1. The second-order valence-corrected chi connectivity index (χ2v) is 6.06. The summed E-state index contributed by atoms with van der Waals surface area (Å²) in [5.74, 6) is -0.418. The van der Waals surface area contributed by atoms with Crippen molar-refractivity contribution in [2.75, 3.05) is 20.2 Å². The molecule has 0 aliphatic carbocycles. The van der Waals surface area contributed by atoms with E-state index in [-0.39, 0.29) is 36.3 Å². The van der Waals surface area contributed by atoms with Gasteiger partial charge in [-0.1, -0.05) is 0 Å². The number of ether oxygens (including phenoxy) is 1. The smallest absolute Gasteiger partial charge is 0.255 e. The van der Waals surface area contributed by atoms with E-state index >= 15 is 0 Å². The van der Waals surface area contributed by atoms with Gasteiger partial charge in [0.2, 0.25) is 0 Å². The van der Waals surface area contributed by atoms with Crippen LogP contribution >= 0.6 is 35.0 Å². The van der Waals surface area contributed by atoms with Crippen LogP contribution < -0.4 is 5.73 Å². The zero-order chi connectivity index (χ0) is 14.7. The number of amides is 1. The fourth-order valence-corrected chi connectivity index (χ4v) is 3.24. The van der Waals surface area contributed by atoms with Crippen LogP contribution in [0.25, 0.3) is 0 Å². The highest BCUT2D eigenvalue weighted by molar-refractivity contribution is 14.1. The number of benzene rings is 1. The third kappa shape index (κ3) is 4.28. The molecule has 1 fully saturated rings. The fourth-order valence-electron chi connectivity index (χ4n) is 2.54. The molecule has 2 N–H and O–H groups in total. The Bertz CT molecular complexity index is 504. The van der Waals surface area contributed by atoms with E-state index in [0.29, 0.717) is 22.2 Å². The van der Waals surface area contributed by atoms with Gasteiger partial charge in [-0.3, -0.25) is 4.79 Å². The van der Waals surface area contributed by atoms with Gasteiger partial charge < -0.3 is 15.4 Å². The first-order valence-electron chi connectivity index (χ1n) is 6.55. The molecular weight excluding hydrogens is 410 g/mol. The summed E-state index contributed by atoms with van der Waals surface area (Å²) in [7, 11) is 1.68. The van der Waals surface area contributed by atoms with E-state index in [0.717, 1.165) is 12.8 Å². The van der Waals surface area contributed by atoms with Crippen molar-refractivity contribution in [2.24, 2.45) is 5.73 Å². The summed E-state index contributed by atoms with van der Waals surface area (Å²) in [6.45, 7) is 1.02. The lowest BCUT2D eigenvalue weighted by molar-refractivity contribution is 0.0138. The number of rotatable bonds is 3. The van der Waals surface area contributed by atoms with Gasteiger partial charge in [-0.25, -0.2) is 4.39 Å². The highest BCUT2D eigenvalue weighted by Gasteiger charge is 2.31. The van der Waals surface area contributed by atoms with Crippen molar-refractivity contribution in [3.05, 3.63) is 33.1 Å². The summed E-state index contributed by atoms with van der Waals surface area (Å²) in [6.07, 6.45) is 1.70. The Labute approximate surface area is 143 Å². The number of hydrogen-bond donors (Lipinski definition) is 1. The summed E-state index contributed by atoms with van der Waals surface area (Å²) >= 11 is 1.98. The van der Waals surface area contributed by atoms with Gasteiger partial charge in [0, 0.05) is 29.8 Å². The molecule has 118 valence electrons. The average Bonchev–Trinajstić information content (AvgIpc) is 2.46. The highest BCUT2D eigenvalue weighted by atomic mass is 127. The molecule has 4 nitrogen and oxygen atoms in total. The normalized spacial score (nSPS) is 21.8. The van der Waals surface area contributed by atoms with Crippen molar-refractivity contribution >= 4 is 40.9 Å². The number of methoxy groups -OCH3 is 1. The molecule has 1 aromatic rings. The molecule has 2 unspecified atom stereocenters. The van der Waals surface area contributed by atoms with Crippen LogP contribution in [0, 0.1) is 9.39 Å². The van der Waals surface area contributed by atoms with Crippen molar-refractivity contribution in [1.29, 1.82) is 0 Å². The Balaban J connectivity index is 0.00000220. The molecule has 1 aromatic carbocycles. The average molecular weight is 429 g/mol. The second kappa shape index (κ2) is 8.26. The van der Waals surface area contributed by atoms with Gasteiger partial charge in [-0.2, -0.15) is 0 Å². The first kappa shape index (κ1) is 18.6. The van der Waals surface area contributed by atoms with Crippen LogP contribution in [-0.2, 0) is 4.74 Å². The maximum Gasteiger partial charge on any atom is 0.255 e. The number of carbonyl (C=O) groups is 1. The number of carbonyl (C=O) groups excluding carboxylic acids is 1. The predicted molar refractivity (Wildman–Crippen MR) is 90.3 cm³/mol. The van der Waals surface area contributed by atoms with Crippen molar-refractivity contribution < 1.29 is 13.9 Å². The Morgan fingerprint density at radius 3 is 2.86 bits per heavy atom. The number of likely N-dealkylation sites (tertiary alicyclic amines) is 1. The summed E-state index contributed by atoms with van der Waals surface area (Å²) in [5, 5.41) is 0. The Morgan fingerprint density at radius 2 is 2.29 bits per heavy atom. The van der Waals surface area contributed by atoms with E-state index in [4.69, 9.17) is 10.5 Å². The molecule has 1 heterocycles. The molecule has 2 atom stereocenters. The van der Waals surface area contributed by atoms with Crippen LogP contribution in [-0.4, -0.2) is 43.2 Å². The second-order valence-electron chi connectivity index (χ2n) is 4.89. The van der Waals surface area contributed by atoms with Crippen LogP contribution in [0.1, 0.15) is 23.2 Å². The Hall–Kier alpha value is -0.440. The Morgan fingerprint density at radius 1 is 1.57 bits per heavy atom. The van der Waals surface area contributed by atoms with Crippen molar-refractivity contribution in [1.82, 2.24) is 4.90 Å². The van der Waals surface area contributed by atoms with Gasteiger partial charge in [0.05, 0.1) is 11.7 Å². The minimum atomic E-state index is -0.334. The summed E-state index contributed by atoms with van der Waals surface area (Å²) < 4.78 is 19.1. The predicted octanol–water partition coefficient (Wildman–Crippen LogP) is 2.43. The molecule has 0 radical (unpaired) electrons. The van der Waals surface area contributed by atoms with E-state index < -0.39 is 0 Å². The van der Waals surface area contributed by atoms with Crippen LogP contribution in [0.3, 0.4) is 0 Å². The SMILES string of the molecule is COC1CCN(C(=O)c2ccc(F)cc2I)C(CN)C1.Cl. The fraction of sp³-hybridized carbons (Fsp3) is 0.500. The number of nitrogens with zero attached hydrogens (tertiary/aromatic N) is 1. The zero-order valence-corrected chi connectivity index (χ0v) is 14.7. The summed E-state index contributed by atoms with van der Waals surface area (Å²) in [5.41, 5.74) is 6.31. The van der Waals surface area contributed by atoms with Gasteiger partial charge >= 0.3 is 0 Å². The monoisotopic (exact) mass is 428 g/mol. The van der Waals surface area contributed by atoms with E-state index in [9.17, 15) is 9.18 Å². The zero-order valence-electron chi connectivity index (χ0n) is 11.7. The summed E-state index contributed by atoms with van der Waals surface area (Å²) in [4.78, 5) is 14.4. The minimum absolute atomic E-state index is 0. The molecule has 1 aliphatic rings. The van der Waals surface area contributed by atoms with Crippen molar-refractivity contribution in [2.45, 2.75) is 25.0 Å². The molecule has 1 amide bonds. The van der Waals surface area contributed by atoms with Gasteiger partial charge in [-0.05, 0) is 53.6 Å². The van der Waals surface area contributed by atoms with E-state index in [1.54, 1.807) is 12.0 Å². The Kier molecular flexibility index (Phi) is 7.32. The molecule has 2 rings (SSSR count). The third-order valence-corrected chi connectivity index (χ3v) is 4.59. The largest absolute Gasteiger partial charge is 0.381 e. The van der Waals surface area contributed by atoms with Crippen LogP contribution in [0.4, 0.5) is 4.39 Å². The van der Waals surface area contributed by atoms with E-state index in [1.165, 1.54) is 18.2 Å². The van der Waals surface area contributed by atoms with Gasteiger partial charge in [0.1, 0.15) is 5.82 Å². The maximum absolute atomic E-state index is 13.1. The van der Waals surface area contributed by atoms with Gasteiger partial charge in [0.15, 0.2) is 0 Å².